The van der Waals surface area contributed by atoms with E-state index in [0.717, 1.165) is 5.56 Å². The number of hydrogen-bond acceptors (Lipinski definition) is 2. The number of rotatable bonds is 3. The Bertz CT molecular complexity index is 297. The fourth-order valence-corrected chi connectivity index (χ4v) is 1.32. The first-order valence-electron chi connectivity index (χ1n) is 4.67. The van der Waals surface area contributed by atoms with Crippen molar-refractivity contribution in [2.45, 2.75) is 13.0 Å². The maximum Gasteiger partial charge on any atom is 0.236 e. The minimum absolute atomic E-state index is 0.0404. The molecule has 76 valence electrons. The third-order valence-corrected chi connectivity index (χ3v) is 2.43. The molecule has 3 nitrogen and oxygen atoms in total. The summed E-state index contributed by atoms with van der Waals surface area (Å²) < 4.78 is 0. The van der Waals surface area contributed by atoms with Gasteiger partial charge in [-0.1, -0.05) is 30.3 Å². The van der Waals surface area contributed by atoms with Gasteiger partial charge in [0, 0.05) is 7.05 Å². The molecule has 1 atom stereocenters. The third kappa shape index (κ3) is 2.33. The second-order valence-corrected chi connectivity index (χ2v) is 3.30. The average molecular weight is 192 g/mol. The first-order valence-corrected chi connectivity index (χ1v) is 4.67. The van der Waals surface area contributed by atoms with Gasteiger partial charge < -0.3 is 10.6 Å². The van der Waals surface area contributed by atoms with E-state index in [4.69, 9.17) is 5.73 Å². The van der Waals surface area contributed by atoms with Gasteiger partial charge in [0.1, 0.15) is 0 Å². The van der Waals surface area contributed by atoms with E-state index in [0.29, 0.717) is 0 Å². The maximum absolute atomic E-state index is 11.3. The molecule has 0 saturated heterocycles. The quantitative estimate of drug-likeness (QED) is 0.781. The van der Waals surface area contributed by atoms with Gasteiger partial charge in [-0.15, -0.1) is 0 Å². The molecule has 2 N–H and O–H groups in total. The van der Waals surface area contributed by atoms with Gasteiger partial charge in [0.25, 0.3) is 0 Å². The van der Waals surface area contributed by atoms with Crippen LogP contribution >= 0.6 is 0 Å². The van der Waals surface area contributed by atoms with Crippen LogP contribution in [0.4, 0.5) is 0 Å². The van der Waals surface area contributed by atoms with Crippen LogP contribution in [0.1, 0.15) is 18.5 Å². The Labute approximate surface area is 84.5 Å². The smallest absolute Gasteiger partial charge is 0.236 e. The van der Waals surface area contributed by atoms with Crippen LogP contribution in [0.25, 0.3) is 0 Å². The van der Waals surface area contributed by atoms with Crippen molar-refractivity contribution >= 4 is 5.91 Å². The lowest BCUT2D eigenvalue weighted by molar-refractivity contribution is -0.130. The molecule has 3 heteroatoms. The molecule has 0 spiro atoms. The van der Waals surface area contributed by atoms with E-state index in [-0.39, 0.29) is 18.5 Å². The van der Waals surface area contributed by atoms with Crippen molar-refractivity contribution in [2.24, 2.45) is 5.73 Å². The van der Waals surface area contributed by atoms with E-state index in [2.05, 4.69) is 0 Å². The van der Waals surface area contributed by atoms with Crippen LogP contribution < -0.4 is 5.73 Å². The van der Waals surface area contributed by atoms with Crippen LogP contribution in [0.3, 0.4) is 0 Å². The van der Waals surface area contributed by atoms with Gasteiger partial charge in [-0.3, -0.25) is 4.79 Å². The van der Waals surface area contributed by atoms with Gasteiger partial charge in [0.15, 0.2) is 0 Å². The lowest BCUT2D eigenvalue weighted by atomic mass is 10.1. The van der Waals surface area contributed by atoms with Crippen molar-refractivity contribution in [1.82, 2.24) is 4.90 Å². The minimum Gasteiger partial charge on any atom is -0.338 e. The molecule has 1 aromatic rings. The molecule has 1 aromatic carbocycles. The summed E-state index contributed by atoms with van der Waals surface area (Å²) >= 11 is 0. The molecular formula is C11H16N2O. The van der Waals surface area contributed by atoms with Gasteiger partial charge in [-0.05, 0) is 12.5 Å². The summed E-state index contributed by atoms with van der Waals surface area (Å²) in [4.78, 5) is 13.0. The fraction of sp³-hybridized carbons (Fsp3) is 0.364. The molecule has 1 unspecified atom stereocenters. The van der Waals surface area contributed by atoms with Crippen molar-refractivity contribution in [2.75, 3.05) is 13.6 Å². The van der Waals surface area contributed by atoms with Crippen LogP contribution in [0, 0.1) is 0 Å². The van der Waals surface area contributed by atoms with Gasteiger partial charge in [-0.25, -0.2) is 0 Å². The molecule has 0 aromatic heterocycles. The molecule has 0 fully saturated rings. The molecule has 0 aliphatic heterocycles. The zero-order chi connectivity index (χ0) is 10.6. The Balaban J connectivity index is 2.75. The number of nitrogens with zero attached hydrogens (tertiary/aromatic N) is 1. The first-order chi connectivity index (χ1) is 6.66. The highest BCUT2D eigenvalue weighted by Gasteiger charge is 2.14. The maximum atomic E-state index is 11.3. The molecule has 14 heavy (non-hydrogen) atoms. The van der Waals surface area contributed by atoms with Gasteiger partial charge in [0.05, 0.1) is 12.6 Å². The predicted molar refractivity (Wildman–Crippen MR) is 56.7 cm³/mol. The largest absolute Gasteiger partial charge is 0.338 e. The molecule has 0 aliphatic rings. The Morgan fingerprint density at radius 3 is 2.50 bits per heavy atom. The number of nitrogens with two attached hydrogens (primary N) is 1. The van der Waals surface area contributed by atoms with Gasteiger partial charge in [-0.2, -0.15) is 0 Å². The normalized spacial score (nSPS) is 12.2. The number of benzene rings is 1. The van der Waals surface area contributed by atoms with Crippen molar-refractivity contribution in [3.05, 3.63) is 35.9 Å². The van der Waals surface area contributed by atoms with E-state index < -0.39 is 0 Å². The monoisotopic (exact) mass is 192 g/mol. The second-order valence-electron chi connectivity index (χ2n) is 3.30. The van der Waals surface area contributed by atoms with Crippen molar-refractivity contribution in [3.8, 4) is 0 Å². The number of likely N-dealkylation sites (N-methyl/N-ethyl adjacent to an activating group) is 1. The predicted octanol–water partition coefficient (Wildman–Crippen LogP) is 1.16. The highest BCUT2D eigenvalue weighted by atomic mass is 16.2. The van der Waals surface area contributed by atoms with Crippen molar-refractivity contribution in [3.63, 3.8) is 0 Å². The minimum atomic E-state index is -0.0404. The summed E-state index contributed by atoms with van der Waals surface area (Å²) in [5.41, 5.74) is 6.42. The highest BCUT2D eigenvalue weighted by molar-refractivity contribution is 5.78. The number of carbonyl (C=O) groups excluding carboxylic acids is 1. The van der Waals surface area contributed by atoms with E-state index in [1.165, 1.54) is 0 Å². The molecule has 0 radical (unpaired) electrons. The van der Waals surface area contributed by atoms with Crippen LogP contribution in [-0.4, -0.2) is 24.4 Å². The van der Waals surface area contributed by atoms with Crippen LogP contribution in [0.15, 0.2) is 30.3 Å². The number of amides is 1. The first kappa shape index (κ1) is 10.7. The molecule has 0 saturated carbocycles. The standard InChI is InChI=1S/C11H16N2O/c1-9(13(2)11(14)8-12)10-6-4-3-5-7-10/h3-7,9H,8,12H2,1-2H3. The van der Waals surface area contributed by atoms with E-state index >= 15 is 0 Å². The molecule has 1 amide bonds. The van der Waals surface area contributed by atoms with Crippen LogP contribution in [0.5, 0.6) is 0 Å². The average Bonchev–Trinajstić information content (AvgIpc) is 2.27. The van der Waals surface area contributed by atoms with Crippen LogP contribution in [0.2, 0.25) is 0 Å². The molecule has 1 rings (SSSR count). The highest BCUT2D eigenvalue weighted by Crippen LogP contribution is 2.17. The van der Waals surface area contributed by atoms with E-state index in [9.17, 15) is 4.79 Å². The Hall–Kier alpha value is -1.35. The summed E-state index contributed by atoms with van der Waals surface area (Å²) in [6, 6.07) is 9.98. The van der Waals surface area contributed by atoms with E-state index in [1.807, 2.05) is 37.3 Å². The topological polar surface area (TPSA) is 46.3 Å². The summed E-state index contributed by atoms with van der Waals surface area (Å²) in [6.07, 6.45) is 0. The summed E-state index contributed by atoms with van der Waals surface area (Å²) in [6.45, 7) is 2.05. The second kappa shape index (κ2) is 4.77. The van der Waals surface area contributed by atoms with E-state index in [1.54, 1.807) is 11.9 Å². The number of hydrogen-bond donors (Lipinski definition) is 1. The fourth-order valence-electron chi connectivity index (χ4n) is 1.32. The SMILES string of the molecule is CC(c1ccccc1)N(C)C(=O)CN. The molecule has 0 aliphatic carbocycles. The lowest BCUT2D eigenvalue weighted by Crippen LogP contribution is -2.34. The summed E-state index contributed by atoms with van der Waals surface area (Å²) in [5.74, 6) is -0.0404. The Morgan fingerprint density at radius 1 is 1.43 bits per heavy atom. The number of carbonyl (C=O) groups is 1. The zero-order valence-corrected chi connectivity index (χ0v) is 8.60. The van der Waals surface area contributed by atoms with Gasteiger partial charge >= 0.3 is 0 Å². The third-order valence-electron chi connectivity index (χ3n) is 2.43. The zero-order valence-electron chi connectivity index (χ0n) is 8.60. The molecular weight excluding hydrogens is 176 g/mol. The molecule has 0 bridgehead atoms. The Kier molecular flexibility index (Phi) is 3.65. The Morgan fingerprint density at radius 2 is 2.00 bits per heavy atom. The van der Waals surface area contributed by atoms with Crippen molar-refractivity contribution < 1.29 is 4.79 Å². The van der Waals surface area contributed by atoms with Crippen molar-refractivity contribution in [1.29, 1.82) is 0 Å². The lowest BCUT2D eigenvalue weighted by Gasteiger charge is -2.24. The summed E-state index contributed by atoms with van der Waals surface area (Å²) in [7, 11) is 1.77. The van der Waals surface area contributed by atoms with Crippen LogP contribution in [-0.2, 0) is 4.79 Å². The molecule has 0 heterocycles. The summed E-state index contributed by atoms with van der Waals surface area (Å²) in [5, 5.41) is 0. The van der Waals surface area contributed by atoms with Gasteiger partial charge in [0.2, 0.25) is 5.91 Å².